The Labute approximate surface area is 108 Å². The topological polar surface area (TPSA) is 35.5 Å². The van der Waals surface area contributed by atoms with Crippen LogP contribution in [0.2, 0.25) is 0 Å². The highest BCUT2D eigenvalue weighted by molar-refractivity contribution is 5.93. The SMILES string of the molecule is CCOC(=O)/C(C)=C/c1ccc(OC)c(CC)c1. The van der Waals surface area contributed by atoms with E-state index in [1.807, 2.05) is 24.3 Å². The van der Waals surface area contributed by atoms with Crippen LogP contribution in [0.4, 0.5) is 0 Å². The molecule has 18 heavy (non-hydrogen) atoms. The number of hydrogen-bond acceptors (Lipinski definition) is 3. The number of esters is 1. The molecule has 0 saturated carbocycles. The van der Waals surface area contributed by atoms with Crippen LogP contribution in [0, 0.1) is 0 Å². The van der Waals surface area contributed by atoms with Gasteiger partial charge in [-0.25, -0.2) is 4.79 Å². The molecule has 1 rings (SSSR count). The number of rotatable bonds is 5. The molecule has 98 valence electrons. The van der Waals surface area contributed by atoms with E-state index in [4.69, 9.17) is 9.47 Å². The van der Waals surface area contributed by atoms with Crippen molar-refractivity contribution in [3.05, 3.63) is 34.9 Å². The molecule has 1 aromatic carbocycles. The summed E-state index contributed by atoms with van der Waals surface area (Å²) in [7, 11) is 1.66. The van der Waals surface area contributed by atoms with Gasteiger partial charge in [-0.2, -0.15) is 0 Å². The van der Waals surface area contributed by atoms with Crippen LogP contribution in [0.25, 0.3) is 6.08 Å². The smallest absolute Gasteiger partial charge is 0.333 e. The first-order chi connectivity index (χ1) is 8.62. The van der Waals surface area contributed by atoms with Gasteiger partial charge in [-0.05, 0) is 49.6 Å². The van der Waals surface area contributed by atoms with Gasteiger partial charge in [0.15, 0.2) is 0 Å². The Morgan fingerprint density at radius 2 is 2.06 bits per heavy atom. The Kier molecular flexibility index (Phi) is 5.43. The number of benzene rings is 1. The molecule has 3 nitrogen and oxygen atoms in total. The third-order valence-corrected chi connectivity index (χ3v) is 2.67. The lowest BCUT2D eigenvalue weighted by atomic mass is 10.1. The molecule has 1 aromatic rings. The third-order valence-electron chi connectivity index (χ3n) is 2.67. The summed E-state index contributed by atoms with van der Waals surface area (Å²) in [4.78, 5) is 11.5. The lowest BCUT2D eigenvalue weighted by Gasteiger charge is -2.08. The zero-order valence-corrected chi connectivity index (χ0v) is 11.4. The minimum atomic E-state index is -0.272. The van der Waals surface area contributed by atoms with Crippen LogP contribution in [-0.4, -0.2) is 19.7 Å². The standard InChI is InChI=1S/C15H20O3/c1-5-13-10-12(7-8-14(13)17-4)9-11(3)15(16)18-6-2/h7-10H,5-6H2,1-4H3/b11-9+. The Bertz CT molecular complexity index is 447. The summed E-state index contributed by atoms with van der Waals surface area (Å²) in [5.74, 6) is 0.606. The largest absolute Gasteiger partial charge is 0.496 e. The molecular weight excluding hydrogens is 228 g/mol. The molecule has 0 aliphatic rings. The zero-order valence-electron chi connectivity index (χ0n) is 11.4. The van der Waals surface area contributed by atoms with Crippen LogP contribution in [0.5, 0.6) is 5.75 Å². The van der Waals surface area contributed by atoms with Gasteiger partial charge in [0, 0.05) is 5.57 Å². The van der Waals surface area contributed by atoms with Gasteiger partial charge >= 0.3 is 5.97 Å². The van der Waals surface area contributed by atoms with E-state index in [0.717, 1.165) is 23.3 Å². The highest BCUT2D eigenvalue weighted by atomic mass is 16.5. The van der Waals surface area contributed by atoms with E-state index >= 15 is 0 Å². The Balaban J connectivity index is 2.97. The normalized spacial score (nSPS) is 11.2. The molecule has 0 radical (unpaired) electrons. The predicted molar refractivity (Wildman–Crippen MR) is 72.7 cm³/mol. The Morgan fingerprint density at radius 3 is 2.61 bits per heavy atom. The number of hydrogen-bond donors (Lipinski definition) is 0. The maximum absolute atomic E-state index is 11.5. The van der Waals surface area contributed by atoms with Crippen molar-refractivity contribution < 1.29 is 14.3 Å². The molecule has 0 amide bonds. The first-order valence-corrected chi connectivity index (χ1v) is 6.14. The van der Waals surface area contributed by atoms with Gasteiger partial charge in [-0.15, -0.1) is 0 Å². The van der Waals surface area contributed by atoms with E-state index in [1.165, 1.54) is 0 Å². The van der Waals surface area contributed by atoms with Crippen molar-refractivity contribution >= 4 is 12.0 Å². The number of aryl methyl sites for hydroxylation is 1. The maximum atomic E-state index is 11.5. The molecule has 0 saturated heterocycles. The van der Waals surface area contributed by atoms with Crippen LogP contribution >= 0.6 is 0 Å². The van der Waals surface area contributed by atoms with E-state index in [1.54, 1.807) is 21.0 Å². The summed E-state index contributed by atoms with van der Waals surface area (Å²) in [5.41, 5.74) is 2.71. The summed E-state index contributed by atoms with van der Waals surface area (Å²) >= 11 is 0. The van der Waals surface area contributed by atoms with Crippen LogP contribution < -0.4 is 4.74 Å². The van der Waals surface area contributed by atoms with Gasteiger partial charge in [0.2, 0.25) is 0 Å². The third kappa shape index (κ3) is 3.62. The van der Waals surface area contributed by atoms with Crippen LogP contribution in [-0.2, 0) is 16.0 Å². The predicted octanol–water partition coefficient (Wildman–Crippen LogP) is 3.22. The molecule has 0 aliphatic carbocycles. The van der Waals surface area contributed by atoms with Crippen LogP contribution in [0.3, 0.4) is 0 Å². The van der Waals surface area contributed by atoms with E-state index < -0.39 is 0 Å². The monoisotopic (exact) mass is 248 g/mol. The van der Waals surface area contributed by atoms with E-state index in [-0.39, 0.29) is 5.97 Å². The van der Waals surface area contributed by atoms with Gasteiger partial charge in [-0.1, -0.05) is 13.0 Å². The van der Waals surface area contributed by atoms with Crippen molar-refractivity contribution in [3.8, 4) is 5.75 Å². The van der Waals surface area contributed by atoms with Crippen molar-refractivity contribution in [2.75, 3.05) is 13.7 Å². The minimum Gasteiger partial charge on any atom is -0.496 e. The molecule has 0 aliphatic heterocycles. The second-order valence-corrected chi connectivity index (χ2v) is 3.97. The molecule has 0 spiro atoms. The van der Waals surface area contributed by atoms with Gasteiger partial charge < -0.3 is 9.47 Å². The molecule has 0 N–H and O–H groups in total. The lowest BCUT2D eigenvalue weighted by Crippen LogP contribution is -2.04. The fraction of sp³-hybridized carbons (Fsp3) is 0.400. The van der Waals surface area contributed by atoms with Crippen molar-refractivity contribution in [1.82, 2.24) is 0 Å². The number of methoxy groups -OCH3 is 1. The number of carbonyl (C=O) groups is 1. The molecule has 0 atom stereocenters. The van der Waals surface area contributed by atoms with E-state index in [2.05, 4.69) is 6.92 Å². The molecule has 3 heteroatoms. The van der Waals surface area contributed by atoms with Crippen LogP contribution in [0.15, 0.2) is 23.8 Å². The maximum Gasteiger partial charge on any atom is 0.333 e. The van der Waals surface area contributed by atoms with Gasteiger partial charge in [0.05, 0.1) is 13.7 Å². The zero-order chi connectivity index (χ0) is 13.5. The highest BCUT2D eigenvalue weighted by Gasteiger charge is 2.06. The summed E-state index contributed by atoms with van der Waals surface area (Å²) in [5, 5.41) is 0. The summed E-state index contributed by atoms with van der Waals surface area (Å²) in [6.45, 7) is 6.03. The Morgan fingerprint density at radius 1 is 1.33 bits per heavy atom. The van der Waals surface area contributed by atoms with Crippen molar-refractivity contribution in [3.63, 3.8) is 0 Å². The highest BCUT2D eigenvalue weighted by Crippen LogP contribution is 2.21. The second-order valence-electron chi connectivity index (χ2n) is 3.97. The van der Waals surface area contributed by atoms with E-state index in [0.29, 0.717) is 12.2 Å². The number of ether oxygens (including phenoxy) is 2. The van der Waals surface area contributed by atoms with Crippen LogP contribution in [0.1, 0.15) is 31.9 Å². The lowest BCUT2D eigenvalue weighted by molar-refractivity contribution is -0.138. The average molecular weight is 248 g/mol. The van der Waals surface area contributed by atoms with Crippen molar-refractivity contribution in [2.24, 2.45) is 0 Å². The second kappa shape index (κ2) is 6.84. The van der Waals surface area contributed by atoms with Crippen molar-refractivity contribution in [2.45, 2.75) is 27.2 Å². The Hall–Kier alpha value is -1.77. The summed E-state index contributed by atoms with van der Waals surface area (Å²) in [6, 6.07) is 5.88. The van der Waals surface area contributed by atoms with Gasteiger partial charge in [0.25, 0.3) is 0 Å². The molecule has 0 unspecified atom stereocenters. The van der Waals surface area contributed by atoms with Crippen molar-refractivity contribution in [1.29, 1.82) is 0 Å². The molecule has 0 aromatic heterocycles. The van der Waals surface area contributed by atoms with E-state index in [9.17, 15) is 4.79 Å². The fourth-order valence-electron chi connectivity index (χ4n) is 1.72. The van der Waals surface area contributed by atoms with Gasteiger partial charge in [-0.3, -0.25) is 0 Å². The average Bonchev–Trinajstić information content (AvgIpc) is 2.38. The first-order valence-electron chi connectivity index (χ1n) is 6.14. The number of carbonyl (C=O) groups excluding carboxylic acids is 1. The molecule has 0 bridgehead atoms. The quantitative estimate of drug-likeness (QED) is 0.593. The van der Waals surface area contributed by atoms with Gasteiger partial charge in [0.1, 0.15) is 5.75 Å². The summed E-state index contributed by atoms with van der Waals surface area (Å²) < 4.78 is 10.2. The molecule has 0 heterocycles. The molecule has 0 fully saturated rings. The fourth-order valence-corrected chi connectivity index (χ4v) is 1.72. The summed E-state index contributed by atoms with van der Waals surface area (Å²) in [6.07, 6.45) is 2.72. The minimum absolute atomic E-state index is 0.272. The first kappa shape index (κ1) is 14.3. The molecular formula is C15H20O3.